The van der Waals surface area contributed by atoms with Crippen LogP contribution in [0.1, 0.15) is 18.9 Å². The quantitative estimate of drug-likeness (QED) is 0.580. The molecule has 0 aliphatic rings. The normalized spacial score (nSPS) is 10.5. The van der Waals surface area contributed by atoms with Gasteiger partial charge in [0.2, 0.25) is 0 Å². The Kier molecular flexibility index (Phi) is 4.91. The predicted molar refractivity (Wildman–Crippen MR) is 61.7 cm³/mol. The molecular weight excluding hydrogens is 212 g/mol. The van der Waals surface area contributed by atoms with Gasteiger partial charge in [-0.3, -0.25) is 4.79 Å². The Bertz CT molecular complexity index is 341. The maximum absolute atomic E-state index is 10.5. The lowest BCUT2D eigenvalue weighted by Gasteiger charge is -1.97. The third-order valence-electron chi connectivity index (χ3n) is 1.77. The van der Waals surface area contributed by atoms with Crippen molar-refractivity contribution in [3.8, 4) is 0 Å². The van der Waals surface area contributed by atoms with Crippen LogP contribution in [0.5, 0.6) is 0 Å². The molecule has 0 unspecified atom stereocenters. The van der Waals surface area contributed by atoms with E-state index in [0.29, 0.717) is 6.61 Å². The summed E-state index contributed by atoms with van der Waals surface area (Å²) in [5.41, 5.74) is 1.09. The van der Waals surface area contributed by atoms with Crippen LogP contribution in [0, 0.1) is 0 Å². The highest BCUT2D eigenvalue weighted by atomic mass is 35.5. The van der Waals surface area contributed by atoms with E-state index in [9.17, 15) is 4.79 Å². The van der Waals surface area contributed by atoms with Crippen molar-refractivity contribution in [3.05, 3.63) is 40.9 Å². The fourth-order valence-corrected chi connectivity index (χ4v) is 1.19. The van der Waals surface area contributed by atoms with Crippen LogP contribution < -0.4 is 0 Å². The lowest BCUT2D eigenvalue weighted by Crippen LogP contribution is -1.98. The fraction of sp³-hybridized carbons (Fsp3) is 0.250. The fourth-order valence-electron chi connectivity index (χ4n) is 1.06. The monoisotopic (exact) mass is 224 g/mol. The molecule has 3 heteroatoms. The average molecular weight is 225 g/mol. The molecule has 1 rings (SSSR count). The smallest absolute Gasteiger partial charge is 0.302 e. The summed E-state index contributed by atoms with van der Waals surface area (Å²) in [6.07, 6.45) is 4.66. The Morgan fingerprint density at radius 1 is 1.40 bits per heavy atom. The minimum Gasteiger partial charge on any atom is -0.466 e. The maximum atomic E-state index is 10.5. The molecule has 0 heterocycles. The van der Waals surface area contributed by atoms with E-state index in [4.69, 9.17) is 16.3 Å². The second kappa shape index (κ2) is 6.25. The molecule has 0 saturated heterocycles. The molecule has 0 saturated carbocycles. The third kappa shape index (κ3) is 5.23. The largest absolute Gasteiger partial charge is 0.466 e. The lowest BCUT2D eigenvalue weighted by atomic mass is 10.2. The van der Waals surface area contributed by atoms with Gasteiger partial charge in [0, 0.05) is 11.9 Å². The van der Waals surface area contributed by atoms with E-state index >= 15 is 0 Å². The van der Waals surface area contributed by atoms with Crippen LogP contribution in [0.15, 0.2) is 30.3 Å². The molecule has 15 heavy (non-hydrogen) atoms. The Morgan fingerprint density at radius 3 is 2.67 bits per heavy atom. The summed E-state index contributed by atoms with van der Waals surface area (Å²) >= 11 is 5.75. The van der Waals surface area contributed by atoms with Crippen LogP contribution in [0.3, 0.4) is 0 Å². The highest BCUT2D eigenvalue weighted by Gasteiger charge is 1.90. The van der Waals surface area contributed by atoms with Crippen LogP contribution in [-0.2, 0) is 9.53 Å². The SMILES string of the molecule is CC(=O)OCC/C=C/c1ccc(Cl)cc1. The molecule has 0 aliphatic carbocycles. The zero-order chi connectivity index (χ0) is 11.1. The van der Waals surface area contributed by atoms with Gasteiger partial charge in [-0.05, 0) is 24.1 Å². The van der Waals surface area contributed by atoms with Crippen molar-refractivity contribution in [3.63, 3.8) is 0 Å². The molecule has 1 aromatic rings. The zero-order valence-corrected chi connectivity index (χ0v) is 9.33. The van der Waals surface area contributed by atoms with Crippen molar-refractivity contribution in [2.24, 2.45) is 0 Å². The molecule has 0 radical (unpaired) electrons. The van der Waals surface area contributed by atoms with Gasteiger partial charge in [0.1, 0.15) is 0 Å². The topological polar surface area (TPSA) is 26.3 Å². The molecule has 0 aliphatic heterocycles. The second-order valence-corrected chi connectivity index (χ2v) is 3.52. The molecule has 2 nitrogen and oxygen atoms in total. The molecule has 0 aromatic heterocycles. The number of ether oxygens (including phenoxy) is 1. The second-order valence-electron chi connectivity index (χ2n) is 3.08. The van der Waals surface area contributed by atoms with Crippen molar-refractivity contribution >= 4 is 23.6 Å². The first-order chi connectivity index (χ1) is 7.18. The number of carbonyl (C=O) groups excluding carboxylic acids is 1. The van der Waals surface area contributed by atoms with Crippen LogP contribution >= 0.6 is 11.6 Å². The highest BCUT2D eigenvalue weighted by molar-refractivity contribution is 6.30. The Labute approximate surface area is 94.5 Å². The summed E-state index contributed by atoms with van der Waals surface area (Å²) in [4.78, 5) is 10.5. The summed E-state index contributed by atoms with van der Waals surface area (Å²) in [5.74, 6) is -0.241. The molecule has 0 N–H and O–H groups in total. The average Bonchev–Trinajstić information content (AvgIpc) is 2.20. The third-order valence-corrected chi connectivity index (χ3v) is 2.02. The van der Waals surface area contributed by atoms with E-state index in [-0.39, 0.29) is 5.97 Å². The van der Waals surface area contributed by atoms with E-state index in [1.807, 2.05) is 36.4 Å². The van der Waals surface area contributed by atoms with Gasteiger partial charge in [-0.1, -0.05) is 35.9 Å². The van der Waals surface area contributed by atoms with Gasteiger partial charge >= 0.3 is 5.97 Å². The van der Waals surface area contributed by atoms with Gasteiger partial charge in [-0.2, -0.15) is 0 Å². The lowest BCUT2D eigenvalue weighted by molar-refractivity contribution is -0.140. The van der Waals surface area contributed by atoms with Crippen molar-refractivity contribution < 1.29 is 9.53 Å². The molecule has 0 fully saturated rings. The number of rotatable bonds is 4. The number of carbonyl (C=O) groups is 1. The highest BCUT2D eigenvalue weighted by Crippen LogP contribution is 2.10. The minimum absolute atomic E-state index is 0.241. The number of hydrogen-bond donors (Lipinski definition) is 0. The van der Waals surface area contributed by atoms with E-state index in [1.54, 1.807) is 0 Å². The van der Waals surface area contributed by atoms with Gasteiger partial charge in [0.05, 0.1) is 6.61 Å². The van der Waals surface area contributed by atoms with Crippen molar-refractivity contribution in [1.82, 2.24) is 0 Å². The summed E-state index contributed by atoms with van der Waals surface area (Å²) in [6.45, 7) is 1.84. The zero-order valence-electron chi connectivity index (χ0n) is 8.57. The molecule has 0 amide bonds. The van der Waals surface area contributed by atoms with E-state index in [1.165, 1.54) is 6.92 Å². The summed E-state index contributed by atoms with van der Waals surface area (Å²) in [6, 6.07) is 7.55. The van der Waals surface area contributed by atoms with E-state index in [0.717, 1.165) is 17.0 Å². The van der Waals surface area contributed by atoms with Crippen LogP contribution in [-0.4, -0.2) is 12.6 Å². The Morgan fingerprint density at radius 2 is 2.07 bits per heavy atom. The maximum Gasteiger partial charge on any atom is 0.302 e. The molecule has 0 spiro atoms. The summed E-state index contributed by atoms with van der Waals surface area (Å²) in [7, 11) is 0. The molecule has 80 valence electrons. The van der Waals surface area contributed by atoms with Gasteiger partial charge in [0.15, 0.2) is 0 Å². The van der Waals surface area contributed by atoms with Crippen molar-refractivity contribution in [2.45, 2.75) is 13.3 Å². The van der Waals surface area contributed by atoms with Gasteiger partial charge in [0.25, 0.3) is 0 Å². The number of halogens is 1. The van der Waals surface area contributed by atoms with Crippen molar-refractivity contribution in [2.75, 3.05) is 6.61 Å². The summed E-state index contributed by atoms with van der Waals surface area (Å²) in [5, 5.41) is 0.729. The summed E-state index contributed by atoms with van der Waals surface area (Å²) < 4.78 is 4.79. The van der Waals surface area contributed by atoms with E-state index < -0.39 is 0 Å². The Hall–Kier alpha value is -1.28. The minimum atomic E-state index is -0.241. The van der Waals surface area contributed by atoms with Crippen LogP contribution in [0.25, 0.3) is 6.08 Å². The first-order valence-electron chi connectivity index (χ1n) is 4.74. The first-order valence-corrected chi connectivity index (χ1v) is 5.12. The van der Waals surface area contributed by atoms with Crippen LogP contribution in [0.2, 0.25) is 5.02 Å². The van der Waals surface area contributed by atoms with Crippen molar-refractivity contribution in [1.29, 1.82) is 0 Å². The molecule has 0 atom stereocenters. The number of hydrogen-bond acceptors (Lipinski definition) is 2. The van der Waals surface area contributed by atoms with Crippen LogP contribution in [0.4, 0.5) is 0 Å². The van der Waals surface area contributed by atoms with Gasteiger partial charge in [-0.25, -0.2) is 0 Å². The number of esters is 1. The first kappa shape index (κ1) is 11.8. The molecular formula is C12H13ClO2. The standard InChI is InChI=1S/C12H13ClO2/c1-10(14)15-9-3-2-4-11-5-7-12(13)8-6-11/h2,4-8H,3,9H2,1H3/b4-2+. The Balaban J connectivity index is 2.32. The van der Waals surface area contributed by atoms with Gasteiger partial charge in [-0.15, -0.1) is 0 Å². The van der Waals surface area contributed by atoms with Gasteiger partial charge < -0.3 is 4.74 Å². The molecule has 0 bridgehead atoms. The van der Waals surface area contributed by atoms with E-state index in [2.05, 4.69) is 0 Å². The number of benzene rings is 1. The molecule has 1 aromatic carbocycles. The predicted octanol–water partition coefficient (Wildman–Crippen LogP) is 3.31.